The summed E-state index contributed by atoms with van der Waals surface area (Å²) in [6.07, 6.45) is 0. The molecule has 18 heavy (non-hydrogen) atoms. The lowest BCUT2D eigenvalue weighted by Gasteiger charge is -2.05. The molecule has 94 valence electrons. The normalized spacial score (nSPS) is 10.3. The molecule has 2 rings (SSSR count). The van der Waals surface area contributed by atoms with Crippen LogP contribution in [0.25, 0.3) is 0 Å². The smallest absolute Gasteiger partial charge is 0.295 e. The van der Waals surface area contributed by atoms with E-state index in [-0.39, 0.29) is 5.69 Å². The topological polar surface area (TPSA) is 55.2 Å². The number of benzene rings is 1. The van der Waals surface area contributed by atoms with Gasteiger partial charge in [0.2, 0.25) is 0 Å². The summed E-state index contributed by atoms with van der Waals surface area (Å²) in [7, 11) is 0. The highest BCUT2D eigenvalue weighted by atomic mass is 79.9. The molecule has 0 radical (unpaired) electrons. The van der Waals surface area contributed by atoms with Gasteiger partial charge in [0.15, 0.2) is 0 Å². The SMILES string of the molecule is O=[N+]([O-])c1cc(F)ccc1NCc1cc(Br)cs1. The third-order valence-corrected chi connectivity index (χ3v) is 3.93. The molecule has 0 atom stereocenters. The van der Waals surface area contributed by atoms with Crippen molar-refractivity contribution in [3.8, 4) is 0 Å². The van der Waals surface area contributed by atoms with Crippen molar-refractivity contribution < 1.29 is 9.31 Å². The number of nitrogens with one attached hydrogen (secondary N) is 1. The lowest BCUT2D eigenvalue weighted by molar-refractivity contribution is -0.384. The van der Waals surface area contributed by atoms with Crippen LogP contribution >= 0.6 is 27.3 Å². The molecule has 1 aromatic heterocycles. The third-order valence-electron chi connectivity index (χ3n) is 2.23. The molecule has 0 aliphatic carbocycles. The Kier molecular flexibility index (Phi) is 3.93. The number of nitro groups is 1. The van der Waals surface area contributed by atoms with E-state index >= 15 is 0 Å². The summed E-state index contributed by atoms with van der Waals surface area (Å²) in [5.74, 6) is -0.619. The maximum atomic E-state index is 12.9. The fourth-order valence-electron chi connectivity index (χ4n) is 1.43. The summed E-state index contributed by atoms with van der Waals surface area (Å²) in [5.41, 5.74) is 0.0524. The van der Waals surface area contributed by atoms with Gasteiger partial charge in [-0.05, 0) is 34.1 Å². The molecule has 4 nitrogen and oxygen atoms in total. The Morgan fingerprint density at radius 1 is 1.44 bits per heavy atom. The van der Waals surface area contributed by atoms with E-state index in [1.165, 1.54) is 23.5 Å². The Bertz CT molecular complexity index is 588. The standard InChI is InChI=1S/C11H8BrFN2O2S/c12-7-3-9(18-6-7)5-14-10-2-1-8(13)4-11(10)15(16)17/h1-4,6,14H,5H2. The molecule has 0 saturated carbocycles. The maximum absolute atomic E-state index is 12.9. The molecule has 1 heterocycles. The second-order valence-electron chi connectivity index (χ2n) is 3.50. The first-order valence-corrected chi connectivity index (χ1v) is 6.64. The Morgan fingerprint density at radius 2 is 2.22 bits per heavy atom. The summed E-state index contributed by atoms with van der Waals surface area (Å²) < 4.78 is 13.9. The molecule has 0 aliphatic heterocycles. The molecule has 0 spiro atoms. The van der Waals surface area contributed by atoms with Crippen molar-refractivity contribution in [2.75, 3.05) is 5.32 Å². The van der Waals surface area contributed by atoms with Crippen LogP contribution in [0.15, 0.2) is 34.1 Å². The van der Waals surface area contributed by atoms with Crippen LogP contribution in [0.2, 0.25) is 0 Å². The number of thiophene rings is 1. The molecular weight excluding hydrogens is 323 g/mol. The van der Waals surface area contributed by atoms with E-state index in [2.05, 4.69) is 21.2 Å². The zero-order chi connectivity index (χ0) is 13.1. The van der Waals surface area contributed by atoms with E-state index in [0.717, 1.165) is 15.4 Å². The highest BCUT2D eigenvalue weighted by Crippen LogP contribution is 2.27. The number of rotatable bonds is 4. The molecule has 0 fully saturated rings. The van der Waals surface area contributed by atoms with Crippen molar-refractivity contribution in [2.24, 2.45) is 0 Å². The van der Waals surface area contributed by atoms with Crippen molar-refractivity contribution in [2.45, 2.75) is 6.54 Å². The quantitative estimate of drug-likeness (QED) is 0.676. The second-order valence-corrected chi connectivity index (χ2v) is 5.41. The molecular formula is C11H8BrFN2O2S. The van der Waals surface area contributed by atoms with Gasteiger partial charge < -0.3 is 5.32 Å². The predicted octanol–water partition coefficient (Wildman–Crippen LogP) is 4.17. The number of nitrogens with zero attached hydrogens (tertiary/aromatic N) is 1. The second kappa shape index (κ2) is 5.45. The Hall–Kier alpha value is -1.47. The van der Waals surface area contributed by atoms with E-state index < -0.39 is 10.7 Å². The molecule has 0 unspecified atom stereocenters. The summed E-state index contributed by atoms with van der Waals surface area (Å²) in [4.78, 5) is 11.2. The molecule has 0 saturated heterocycles. The van der Waals surface area contributed by atoms with Gasteiger partial charge in [0.25, 0.3) is 5.69 Å². The first-order chi connectivity index (χ1) is 8.56. The van der Waals surface area contributed by atoms with Crippen molar-refractivity contribution in [1.29, 1.82) is 0 Å². The average molecular weight is 331 g/mol. The van der Waals surface area contributed by atoms with Crippen molar-refractivity contribution in [3.63, 3.8) is 0 Å². The fourth-order valence-corrected chi connectivity index (χ4v) is 2.82. The van der Waals surface area contributed by atoms with Gasteiger partial charge in [-0.3, -0.25) is 10.1 Å². The summed E-state index contributed by atoms with van der Waals surface area (Å²) in [6, 6.07) is 5.40. The summed E-state index contributed by atoms with van der Waals surface area (Å²) >= 11 is 4.86. The van der Waals surface area contributed by atoms with Crippen LogP contribution in [0, 0.1) is 15.9 Å². The minimum Gasteiger partial charge on any atom is -0.375 e. The van der Waals surface area contributed by atoms with Gasteiger partial charge >= 0.3 is 0 Å². The number of anilines is 1. The Morgan fingerprint density at radius 3 is 2.83 bits per heavy atom. The zero-order valence-electron chi connectivity index (χ0n) is 9.02. The van der Waals surface area contributed by atoms with Crippen LogP contribution in [0.4, 0.5) is 15.8 Å². The minimum atomic E-state index is -0.619. The molecule has 0 amide bonds. The maximum Gasteiger partial charge on any atom is 0.295 e. The van der Waals surface area contributed by atoms with Gasteiger partial charge in [-0.1, -0.05) is 0 Å². The van der Waals surface area contributed by atoms with Gasteiger partial charge in [0.05, 0.1) is 11.0 Å². The van der Waals surface area contributed by atoms with E-state index in [1.807, 2.05) is 11.4 Å². The number of halogens is 2. The van der Waals surface area contributed by atoms with Gasteiger partial charge in [0, 0.05) is 21.3 Å². The summed E-state index contributed by atoms with van der Waals surface area (Å²) in [5, 5.41) is 15.6. The van der Waals surface area contributed by atoms with Crippen LogP contribution in [-0.2, 0) is 6.54 Å². The van der Waals surface area contributed by atoms with E-state index in [4.69, 9.17) is 0 Å². The molecule has 2 aromatic rings. The Balaban J connectivity index is 2.16. The van der Waals surface area contributed by atoms with E-state index in [0.29, 0.717) is 12.2 Å². The van der Waals surface area contributed by atoms with Crippen LogP contribution in [0.1, 0.15) is 4.88 Å². The molecule has 0 aliphatic rings. The Labute approximate surface area is 115 Å². The highest BCUT2D eigenvalue weighted by molar-refractivity contribution is 9.10. The van der Waals surface area contributed by atoms with Crippen LogP contribution in [0.3, 0.4) is 0 Å². The molecule has 7 heteroatoms. The van der Waals surface area contributed by atoms with Gasteiger partial charge in [0.1, 0.15) is 11.5 Å². The minimum absolute atomic E-state index is 0.259. The number of hydrogen-bond acceptors (Lipinski definition) is 4. The molecule has 1 aromatic carbocycles. The van der Waals surface area contributed by atoms with Gasteiger partial charge in [-0.25, -0.2) is 4.39 Å². The van der Waals surface area contributed by atoms with Crippen LogP contribution in [0.5, 0.6) is 0 Å². The van der Waals surface area contributed by atoms with Gasteiger partial charge in [-0.2, -0.15) is 0 Å². The van der Waals surface area contributed by atoms with Crippen molar-refractivity contribution in [1.82, 2.24) is 0 Å². The van der Waals surface area contributed by atoms with Crippen LogP contribution in [-0.4, -0.2) is 4.92 Å². The lowest BCUT2D eigenvalue weighted by Crippen LogP contribution is -2.01. The largest absolute Gasteiger partial charge is 0.375 e. The van der Waals surface area contributed by atoms with Crippen molar-refractivity contribution >= 4 is 38.6 Å². The third kappa shape index (κ3) is 3.05. The predicted molar refractivity (Wildman–Crippen MR) is 72.4 cm³/mol. The first-order valence-electron chi connectivity index (χ1n) is 4.97. The summed E-state index contributed by atoms with van der Waals surface area (Å²) in [6.45, 7) is 0.461. The highest BCUT2D eigenvalue weighted by Gasteiger charge is 2.14. The average Bonchev–Trinajstić information content (AvgIpc) is 2.73. The lowest BCUT2D eigenvalue weighted by atomic mass is 10.2. The van der Waals surface area contributed by atoms with E-state index in [1.54, 1.807) is 0 Å². The molecule has 0 bridgehead atoms. The molecule has 1 N–H and O–H groups in total. The van der Waals surface area contributed by atoms with E-state index in [9.17, 15) is 14.5 Å². The zero-order valence-corrected chi connectivity index (χ0v) is 11.4. The number of nitro benzene ring substituents is 1. The number of hydrogen-bond donors (Lipinski definition) is 1. The van der Waals surface area contributed by atoms with Gasteiger partial charge in [-0.15, -0.1) is 11.3 Å². The first kappa shape index (κ1) is 13.0. The van der Waals surface area contributed by atoms with Crippen LogP contribution < -0.4 is 5.32 Å². The van der Waals surface area contributed by atoms with Crippen molar-refractivity contribution in [3.05, 3.63) is 54.9 Å². The monoisotopic (exact) mass is 330 g/mol. The fraction of sp³-hybridized carbons (Fsp3) is 0.0909.